The number of urea groups is 1. The number of carbonyl (C=O) groups is 1. The average molecular weight is 307 g/mol. The first-order chi connectivity index (χ1) is 11.1. The number of hydrogen-bond acceptors (Lipinski definition) is 4. The van der Waals surface area contributed by atoms with Crippen molar-refractivity contribution in [1.82, 2.24) is 9.97 Å². The van der Waals surface area contributed by atoms with Gasteiger partial charge in [0.05, 0.1) is 18.1 Å². The van der Waals surface area contributed by atoms with Crippen molar-refractivity contribution >= 4 is 34.1 Å². The highest BCUT2D eigenvalue weighted by Crippen LogP contribution is 2.19. The maximum atomic E-state index is 12.0. The molecule has 6 nitrogen and oxygen atoms in total. The lowest BCUT2D eigenvalue weighted by molar-refractivity contribution is 0.262. The number of nitrogens with zero attached hydrogens (tertiary/aromatic N) is 3. The van der Waals surface area contributed by atoms with Crippen LogP contribution in [-0.2, 0) is 0 Å². The summed E-state index contributed by atoms with van der Waals surface area (Å²) in [4.78, 5) is 22.1. The van der Waals surface area contributed by atoms with Crippen molar-refractivity contribution < 1.29 is 4.79 Å². The third kappa shape index (κ3) is 3.55. The second-order valence-corrected chi connectivity index (χ2v) is 5.31. The standard InChI is InChI=1S/C17H17N5O/c1-22(2)16-18-10-15(11-19-16)21-17(23)20-14-8-7-12-5-3-4-6-13(12)9-14/h3-11H,1-2H3,(H2,20,21,23). The van der Waals surface area contributed by atoms with E-state index in [9.17, 15) is 4.79 Å². The van der Waals surface area contributed by atoms with Crippen molar-refractivity contribution in [3.05, 3.63) is 54.9 Å². The van der Waals surface area contributed by atoms with Crippen LogP contribution in [0.4, 0.5) is 22.1 Å². The van der Waals surface area contributed by atoms with Crippen LogP contribution in [0.2, 0.25) is 0 Å². The summed E-state index contributed by atoms with van der Waals surface area (Å²) in [5.74, 6) is 0.588. The van der Waals surface area contributed by atoms with Gasteiger partial charge < -0.3 is 15.5 Å². The summed E-state index contributed by atoms with van der Waals surface area (Å²) < 4.78 is 0. The second kappa shape index (κ2) is 6.31. The normalized spacial score (nSPS) is 10.3. The molecule has 0 fully saturated rings. The number of amides is 2. The van der Waals surface area contributed by atoms with Gasteiger partial charge in [-0.1, -0.05) is 30.3 Å². The minimum atomic E-state index is -0.332. The molecule has 3 aromatic rings. The zero-order valence-corrected chi connectivity index (χ0v) is 12.9. The predicted octanol–water partition coefficient (Wildman–Crippen LogP) is 3.34. The number of benzene rings is 2. The van der Waals surface area contributed by atoms with E-state index in [1.165, 1.54) is 0 Å². The number of carbonyl (C=O) groups excluding carboxylic acids is 1. The summed E-state index contributed by atoms with van der Waals surface area (Å²) >= 11 is 0. The fourth-order valence-corrected chi connectivity index (χ4v) is 2.18. The van der Waals surface area contributed by atoms with E-state index in [4.69, 9.17) is 0 Å². The lowest BCUT2D eigenvalue weighted by Crippen LogP contribution is -2.20. The number of anilines is 3. The Balaban J connectivity index is 1.68. The molecule has 1 heterocycles. The summed E-state index contributed by atoms with van der Waals surface area (Å²) in [7, 11) is 3.71. The van der Waals surface area contributed by atoms with Gasteiger partial charge >= 0.3 is 6.03 Å². The van der Waals surface area contributed by atoms with Gasteiger partial charge in [-0.15, -0.1) is 0 Å². The number of fused-ring (bicyclic) bond motifs is 1. The fourth-order valence-electron chi connectivity index (χ4n) is 2.18. The third-order valence-electron chi connectivity index (χ3n) is 3.30. The zero-order chi connectivity index (χ0) is 16.2. The zero-order valence-electron chi connectivity index (χ0n) is 12.9. The van der Waals surface area contributed by atoms with Gasteiger partial charge in [0.2, 0.25) is 5.95 Å². The van der Waals surface area contributed by atoms with E-state index in [0.717, 1.165) is 16.5 Å². The Morgan fingerprint density at radius 2 is 1.57 bits per heavy atom. The first-order valence-corrected chi connectivity index (χ1v) is 7.18. The minimum absolute atomic E-state index is 0.332. The van der Waals surface area contributed by atoms with Crippen molar-refractivity contribution in [1.29, 1.82) is 0 Å². The van der Waals surface area contributed by atoms with E-state index in [-0.39, 0.29) is 6.03 Å². The lowest BCUT2D eigenvalue weighted by atomic mass is 10.1. The third-order valence-corrected chi connectivity index (χ3v) is 3.30. The molecule has 2 N–H and O–H groups in total. The molecule has 0 aliphatic rings. The summed E-state index contributed by atoms with van der Waals surface area (Å²) in [5, 5.41) is 7.72. The first-order valence-electron chi connectivity index (χ1n) is 7.18. The highest BCUT2D eigenvalue weighted by Gasteiger charge is 2.05. The topological polar surface area (TPSA) is 70.2 Å². The van der Waals surface area contributed by atoms with Crippen LogP contribution in [0.5, 0.6) is 0 Å². The minimum Gasteiger partial charge on any atom is -0.347 e. The molecule has 6 heteroatoms. The van der Waals surface area contributed by atoms with Gasteiger partial charge in [0, 0.05) is 19.8 Å². The maximum absolute atomic E-state index is 12.0. The van der Waals surface area contributed by atoms with Crippen molar-refractivity contribution in [2.45, 2.75) is 0 Å². The van der Waals surface area contributed by atoms with E-state index < -0.39 is 0 Å². The van der Waals surface area contributed by atoms with E-state index in [0.29, 0.717) is 11.6 Å². The SMILES string of the molecule is CN(C)c1ncc(NC(=O)Nc2ccc3ccccc3c2)cn1. The smallest absolute Gasteiger partial charge is 0.323 e. The molecule has 0 aliphatic heterocycles. The molecular weight excluding hydrogens is 290 g/mol. The summed E-state index contributed by atoms with van der Waals surface area (Å²) in [6, 6.07) is 13.4. The summed E-state index contributed by atoms with van der Waals surface area (Å²) in [5.41, 5.74) is 1.26. The van der Waals surface area contributed by atoms with Crippen molar-refractivity contribution in [3.8, 4) is 0 Å². The van der Waals surface area contributed by atoms with Crippen LogP contribution in [0.3, 0.4) is 0 Å². The number of rotatable bonds is 3. The van der Waals surface area contributed by atoms with Crippen molar-refractivity contribution in [2.24, 2.45) is 0 Å². The van der Waals surface area contributed by atoms with Gasteiger partial charge in [0.25, 0.3) is 0 Å². The van der Waals surface area contributed by atoms with E-state index in [1.54, 1.807) is 17.3 Å². The Morgan fingerprint density at radius 1 is 0.913 bits per heavy atom. The summed E-state index contributed by atoms with van der Waals surface area (Å²) in [6.45, 7) is 0. The van der Waals surface area contributed by atoms with Crippen LogP contribution in [0.1, 0.15) is 0 Å². The van der Waals surface area contributed by atoms with Gasteiger partial charge in [0.1, 0.15) is 0 Å². The lowest BCUT2D eigenvalue weighted by Gasteiger charge is -2.11. The Labute approximate surface area is 134 Å². The molecule has 0 atom stereocenters. The van der Waals surface area contributed by atoms with Gasteiger partial charge in [-0.3, -0.25) is 0 Å². The Hall–Kier alpha value is -3.15. The average Bonchev–Trinajstić information content (AvgIpc) is 2.55. The molecule has 23 heavy (non-hydrogen) atoms. The molecule has 2 aromatic carbocycles. The number of nitrogens with one attached hydrogen (secondary N) is 2. The van der Waals surface area contributed by atoms with E-state index in [1.807, 2.05) is 56.6 Å². The fraction of sp³-hybridized carbons (Fsp3) is 0.118. The van der Waals surface area contributed by atoms with Gasteiger partial charge in [-0.2, -0.15) is 0 Å². The Bertz CT molecular complexity index is 830. The monoisotopic (exact) mass is 307 g/mol. The molecule has 0 saturated carbocycles. The molecule has 1 aromatic heterocycles. The molecule has 116 valence electrons. The Morgan fingerprint density at radius 3 is 2.26 bits per heavy atom. The molecule has 2 amide bonds. The largest absolute Gasteiger partial charge is 0.347 e. The van der Waals surface area contributed by atoms with Crippen LogP contribution < -0.4 is 15.5 Å². The van der Waals surface area contributed by atoms with Crippen LogP contribution in [0, 0.1) is 0 Å². The van der Waals surface area contributed by atoms with Crippen LogP contribution in [0.15, 0.2) is 54.9 Å². The molecule has 0 unspecified atom stereocenters. The van der Waals surface area contributed by atoms with Crippen LogP contribution >= 0.6 is 0 Å². The van der Waals surface area contributed by atoms with Crippen molar-refractivity contribution in [2.75, 3.05) is 29.6 Å². The number of aromatic nitrogens is 2. The molecule has 0 radical (unpaired) electrons. The van der Waals surface area contributed by atoms with E-state index in [2.05, 4.69) is 20.6 Å². The number of hydrogen-bond donors (Lipinski definition) is 2. The van der Waals surface area contributed by atoms with Crippen molar-refractivity contribution in [3.63, 3.8) is 0 Å². The maximum Gasteiger partial charge on any atom is 0.323 e. The second-order valence-electron chi connectivity index (χ2n) is 5.31. The molecule has 0 bridgehead atoms. The van der Waals surface area contributed by atoms with Gasteiger partial charge in [0.15, 0.2) is 0 Å². The molecule has 0 aliphatic carbocycles. The first kappa shape index (κ1) is 14.8. The van der Waals surface area contributed by atoms with E-state index >= 15 is 0 Å². The molecular formula is C17H17N5O. The quantitative estimate of drug-likeness (QED) is 0.778. The van der Waals surface area contributed by atoms with Gasteiger partial charge in [-0.05, 0) is 22.9 Å². The molecule has 0 saturated heterocycles. The van der Waals surface area contributed by atoms with Crippen LogP contribution in [0.25, 0.3) is 10.8 Å². The van der Waals surface area contributed by atoms with Gasteiger partial charge in [-0.25, -0.2) is 14.8 Å². The highest BCUT2D eigenvalue weighted by molar-refractivity contribution is 6.01. The summed E-state index contributed by atoms with van der Waals surface area (Å²) in [6.07, 6.45) is 3.14. The molecule has 3 rings (SSSR count). The Kier molecular flexibility index (Phi) is 4.05. The highest BCUT2D eigenvalue weighted by atomic mass is 16.2. The van der Waals surface area contributed by atoms with Crippen LogP contribution in [-0.4, -0.2) is 30.1 Å². The molecule has 0 spiro atoms. The predicted molar refractivity (Wildman–Crippen MR) is 92.9 cm³/mol.